The van der Waals surface area contributed by atoms with Crippen LogP contribution in [0.5, 0.6) is 0 Å². The molecule has 0 amide bonds. The first-order valence-corrected chi connectivity index (χ1v) is 4.19. The molecule has 72 valence electrons. The van der Waals surface area contributed by atoms with Crippen LogP contribution in [0, 0.1) is 5.92 Å². The topological polar surface area (TPSA) is 50.2 Å². The van der Waals surface area contributed by atoms with Crippen molar-refractivity contribution in [3.8, 4) is 0 Å². The Morgan fingerprint density at radius 1 is 1.31 bits per heavy atom. The van der Waals surface area contributed by atoms with E-state index in [-0.39, 0.29) is 12.3 Å². The number of carboxylic acids is 1. The van der Waals surface area contributed by atoms with Crippen molar-refractivity contribution in [3.05, 3.63) is 30.6 Å². The molecule has 0 aliphatic carbocycles. The molecule has 0 spiro atoms. The van der Waals surface area contributed by atoms with Crippen molar-refractivity contribution >= 4 is 5.97 Å². The maximum Gasteiger partial charge on any atom is 0.303 e. The van der Waals surface area contributed by atoms with Crippen LogP contribution in [0.1, 0.15) is 20.3 Å². The summed E-state index contributed by atoms with van der Waals surface area (Å²) in [7, 11) is 0. The van der Waals surface area contributed by atoms with Crippen molar-refractivity contribution in [3.63, 3.8) is 0 Å². The van der Waals surface area contributed by atoms with Crippen molar-refractivity contribution in [2.24, 2.45) is 5.92 Å². The third-order valence-electron chi connectivity index (χ3n) is 1.15. The van der Waals surface area contributed by atoms with Crippen LogP contribution in [-0.2, 0) is 4.79 Å². The van der Waals surface area contributed by atoms with Gasteiger partial charge >= 0.3 is 5.97 Å². The van der Waals surface area contributed by atoms with Crippen molar-refractivity contribution in [2.45, 2.75) is 20.3 Å². The summed E-state index contributed by atoms with van der Waals surface area (Å²) in [5.74, 6) is -0.438. The van der Waals surface area contributed by atoms with E-state index in [2.05, 4.69) is 4.98 Å². The lowest BCUT2D eigenvalue weighted by Gasteiger charge is -1.94. The number of carboxylic acid groups (broad SMARTS) is 1. The number of hydrogen-bond donors (Lipinski definition) is 1. The van der Waals surface area contributed by atoms with Crippen LogP contribution < -0.4 is 0 Å². The largest absolute Gasteiger partial charge is 0.481 e. The van der Waals surface area contributed by atoms with E-state index in [4.69, 9.17) is 5.11 Å². The van der Waals surface area contributed by atoms with Gasteiger partial charge in [0.2, 0.25) is 0 Å². The summed E-state index contributed by atoms with van der Waals surface area (Å²) >= 11 is 0. The number of pyridine rings is 1. The van der Waals surface area contributed by atoms with Crippen LogP contribution >= 0.6 is 0 Å². The van der Waals surface area contributed by atoms with Gasteiger partial charge in [-0.25, -0.2) is 0 Å². The molecular weight excluding hydrogens is 166 g/mol. The molecular formula is C10H15NO2. The van der Waals surface area contributed by atoms with Gasteiger partial charge in [0.05, 0.1) is 0 Å². The monoisotopic (exact) mass is 181 g/mol. The molecule has 1 heterocycles. The molecule has 1 N–H and O–H groups in total. The number of carbonyl (C=O) groups is 1. The van der Waals surface area contributed by atoms with E-state index in [0.29, 0.717) is 0 Å². The molecule has 13 heavy (non-hydrogen) atoms. The summed E-state index contributed by atoms with van der Waals surface area (Å²) in [6, 6.07) is 5.72. The van der Waals surface area contributed by atoms with Crippen LogP contribution in [0.3, 0.4) is 0 Å². The molecule has 1 aromatic rings. The molecule has 3 nitrogen and oxygen atoms in total. The van der Waals surface area contributed by atoms with Crippen molar-refractivity contribution in [1.82, 2.24) is 4.98 Å². The van der Waals surface area contributed by atoms with E-state index in [1.807, 2.05) is 32.0 Å². The van der Waals surface area contributed by atoms with Crippen molar-refractivity contribution in [2.75, 3.05) is 0 Å². The normalized spacial score (nSPS) is 8.85. The van der Waals surface area contributed by atoms with Crippen molar-refractivity contribution < 1.29 is 9.90 Å². The van der Waals surface area contributed by atoms with Gasteiger partial charge in [-0.15, -0.1) is 0 Å². The second-order valence-corrected chi connectivity index (χ2v) is 3.02. The number of rotatable bonds is 2. The average molecular weight is 181 g/mol. The minimum Gasteiger partial charge on any atom is -0.481 e. The smallest absolute Gasteiger partial charge is 0.303 e. The Bertz CT molecular complexity index is 195. The highest BCUT2D eigenvalue weighted by atomic mass is 16.4. The van der Waals surface area contributed by atoms with Gasteiger partial charge in [-0.05, 0) is 18.1 Å². The third-order valence-corrected chi connectivity index (χ3v) is 1.15. The highest BCUT2D eigenvalue weighted by Gasteiger charge is 1.98. The summed E-state index contributed by atoms with van der Waals surface area (Å²) < 4.78 is 0. The van der Waals surface area contributed by atoms with Gasteiger partial charge in [0, 0.05) is 18.8 Å². The quantitative estimate of drug-likeness (QED) is 0.760. The van der Waals surface area contributed by atoms with Gasteiger partial charge in [-0.3, -0.25) is 9.78 Å². The fraction of sp³-hybridized carbons (Fsp3) is 0.400. The van der Waals surface area contributed by atoms with E-state index in [0.717, 1.165) is 0 Å². The van der Waals surface area contributed by atoms with Crippen LogP contribution in [0.4, 0.5) is 0 Å². The van der Waals surface area contributed by atoms with Gasteiger partial charge in [0.15, 0.2) is 0 Å². The molecule has 0 aliphatic rings. The number of aliphatic carboxylic acids is 1. The summed E-state index contributed by atoms with van der Waals surface area (Å²) in [5, 5.41) is 8.08. The average Bonchev–Trinajstić information content (AvgIpc) is 2.06. The van der Waals surface area contributed by atoms with E-state index in [1.165, 1.54) is 0 Å². The number of hydrogen-bond acceptors (Lipinski definition) is 2. The summed E-state index contributed by atoms with van der Waals surface area (Å²) in [6.45, 7) is 3.77. The van der Waals surface area contributed by atoms with E-state index in [9.17, 15) is 4.79 Å². The van der Waals surface area contributed by atoms with Gasteiger partial charge < -0.3 is 5.11 Å². The van der Waals surface area contributed by atoms with Crippen LogP contribution in [0.25, 0.3) is 0 Å². The number of nitrogens with zero attached hydrogens (tertiary/aromatic N) is 1. The first kappa shape index (κ1) is 11.6. The summed E-state index contributed by atoms with van der Waals surface area (Å²) in [4.78, 5) is 13.6. The molecule has 0 aromatic carbocycles. The Morgan fingerprint density at radius 2 is 1.85 bits per heavy atom. The highest BCUT2D eigenvalue weighted by Crippen LogP contribution is 1.96. The fourth-order valence-electron chi connectivity index (χ4n) is 0.662. The lowest BCUT2D eigenvalue weighted by molar-refractivity contribution is -0.137. The molecule has 0 aliphatic heterocycles. The SMILES string of the molecule is CC(C)CC(=O)O.c1ccncc1. The third kappa shape index (κ3) is 10.6. The number of aromatic nitrogens is 1. The van der Waals surface area contributed by atoms with E-state index in [1.54, 1.807) is 12.4 Å². The maximum atomic E-state index is 9.81. The van der Waals surface area contributed by atoms with Gasteiger partial charge in [0.1, 0.15) is 0 Å². The molecule has 0 bridgehead atoms. The Balaban J connectivity index is 0.000000223. The molecule has 1 aromatic heterocycles. The predicted octanol–water partition coefficient (Wildman–Crippen LogP) is 2.20. The Hall–Kier alpha value is -1.38. The van der Waals surface area contributed by atoms with Gasteiger partial charge in [-0.2, -0.15) is 0 Å². The second kappa shape index (κ2) is 7.28. The Morgan fingerprint density at radius 3 is 1.92 bits per heavy atom. The molecule has 0 atom stereocenters. The molecule has 0 fully saturated rings. The Kier molecular flexibility index (Phi) is 6.51. The van der Waals surface area contributed by atoms with E-state index >= 15 is 0 Å². The van der Waals surface area contributed by atoms with Crippen LogP contribution in [-0.4, -0.2) is 16.1 Å². The second-order valence-electron chi connectivity index (χ2n) is 3.02. The maximum absolute atomic E-state index is 9.81. The lowest BCUT2D eigenvalue weighted by Crippen LogP contribution is -1.99. The standard InChI is InChI=1S/C5H5N.C5H10O2/c1-2-4-6-5-3-1;1-4(2)3-5(6)7/h1-5H;4H,3H2,1-2H3,(H,6,7). The first-order valence-electron chi connectivity index (χ1n) is 4.19. The Labute approximate surface area is 78.4 Å². The molecule has 1 rings (SSSR count). The highest BCUT2D eigenvalue weighted by molar-refractivity contribution is 5.66. The summed E-state index contributed by atoms with van der Waals surface area (Å²) in [5.41, 5.74) is 0. The molecule has 0 radical (unpaired) electrons. The zero-order valence-corrected chi connectivity index (χ0v) is 7.97. The summed E-state index contributed by atoms with van der Waals surface area (Å²) in [6.07, 6.45) is 3.78. The molecule has 3 heteroatoms. The zero-order valence-electron chi connectivity index (χ0n) is 7.97. The minimum absolute atomic E-state index is 0.275. The first-order chi connectivity index (χ1) is 6.13. The fourth-order valence-corrected chi connectivity index (χ4v) is 0.662. The van der Waals surface area contributed by atoms with Crippen LogP contribution in [0.15, 0.2) is 30.6 Å². The zero-order chi connectivity index (χ0) is 10.1. The van der Waals surface area contributed by atoms with Gasteiger partial charge in [0.25, 0.3) is 0 Å². The van der Waals surface area contributed by atoms with Gasteiger partial charge in [-0.1, -0.05) is 19.9 Å². The molecule has 0 unspecified atom stereocenters. The molecule has 0 saturated carbocycles. The molecule has 0 saturated heterocycles. The predicted molar refractivity (Wildman–Crippen MR) is 51.3 cm³/mol. The van der Waals surface area contributed by atoms with E-state index < -0.39 is 5.97 Å². The minimum atomic E-state index is -0.713. The van der Waals surface area contributed by atoms with Crippen LogP contribution in [0.2, 0.25) is 0 Å². The lowest BCUT2D eigenvalue weighted by atomic mass is 10.1. The van der Waals surface area contributed by atoms with Crippen molar-refractivity contribution in [1.29, 1.82) is 0 Å².